The van der Waals surface area contributed by atoms with Crippen LogP contribution in [-0.4, -0.2) is 4.98 Å². The van der Waals surface area contributed by atoms with Crippen LogP contribution in [0.4, 0.5) is 0 Å². The first-order chi connectivity index (χ1) is 5.25. The van der Waals surface area contributed by atoms with E-state index in [0.717, 1.165) is 0 Å². The molecule has 0 N–H and O–H groups in total. The molecule has 0 atom stereocenters. The second kappa shape index (κ2) is 3.56. The standard InChI is InChI=1S/C7H4Cl2N2/c8-5-2-4-11-6(1-3-10)7(5)9/h2,4H,1H2. The topological polar surface area (TPSA) is 36.7 Å². The maximum absolute atomic E-state index is 8.34. The molecule has 2 nitrogen and oxygen atoms in total. The molecule has 11 heavy (non-hydrogen) atoms. The molecule has 0 aromatic carbocycles. The van der Waals surface area contributed by atoms with E-state index in [9.17, 15) is 0 Å². The highest BCUT2D eigenvalue weighted by Gasteiger charge is 2.03. The number of halogens is 2. The van der Waals surface area contributed by atoms with Crippen LogP contribution in [0.15, 0.2) is 12.3 Å². The Morgan fingerprint density at radius 2 is 2.27 bits per heavy atom. The van der Waals surface area contributed by atoms with Crippen molar-refractivity contribution in [2.75, 3.05) is 0 Å². The van der Waals surface area contributed by atoms with Crippen molar-refractivity contribution in [1.29, 1.82) is 5.26 Å². The van der Waals surface area contributed by atoms with E-state index in [1.165, 1.54) is 6.20 Å². The fourth-order valence-corrected chi connectivity index (χ4v) is 1.00. The van der Waals surface area contributed by atoms with Gasteiger partial charge in [0.1, 0.15) is 0 Å². The molecule has 56 valence electrons. The number of rotatable bonds is 1. The van der Waals surface area contributed by atoms with Crippen LogP contribution in [0.3, 0.4) is 0 Å². The lowest BCUT2D eigenvalue weighted by atomic mass is 10.3. The lowest BCUT2D eigenvalue weighted by Crippen LogP contribution is -1.88. The van der Waals surface area contributed by atoms with E-state index >= 15 is 0 Å². The van der Waals surface area contributed by atoms with Crippen molar-refractivity contribution in [1.82, 2.24) is 4.98 Å². The van der Waals surface area contributed by atoms with Gasteiger partial charge >= 0.3 is 0 Å². The second-order valence-electron chi connectivity index (χ2n) is 1.89. The van der Waals surface area contributed by atoms with Crippen molar-refractivity contribution >= 4 is 23.2 Å². The van der Waals surface area contributed by atoms with Crippen LogP contribution in [0.2, 0.25) is 10.0 Å². The van der Waals surface area contributed by atoms with Gasteiger partial charge in [0, 0.05) is 6.20 Å². The van der Waals surface area contributed by atoms with Crippen molar-refractivity contribution in [3.63, 3.8) is 0 Å². The van der Waals surface area contributed by atoms with Gasteiger partial charge in [-0.25, -0.2) is 0 Å². The summed E-state index contributed by atoms with van der Waals surface area (Å²) in [5.74, 6) is 0. The first-order valence-electron chi connectivity index (χ1n) is 2.91. The Bertz CT molecular complexity index is 304. The van der Waals surface area contributed by atoms with Gasteiger partial charge in [0.05, 0.1) is 28.2 Å². The molecule has 0 spiro atoms. The number of hydrogen-bond donors (Lipinski definition) is 0. The van der Waals surface area contributed by atoms with Crippen molar-refractivity contribution in [3.05, 3.63) is 28.0 Å². The summed E-state index contributed by atoms with van der Waals surface area (Å²) in [6.45, 7) is 0. The fraction of sp³-hybridized carbons (Fsp3) is 0.143. The zero-order chi connectivity index (χ0) is 8.27. The Morgan fingerprint density at radius 1 is 1.55 bits per heavy atom. The Morgan fingerprint density at radius 3 is 2.91 bits per heavy atom. The second-order valence-corrected chi connectivity index (χ2v) is 2.67. The molecule has 0 aliphatic carbocycles. The Labute approximate surface area is 74.4 Å². The smallest absolute Gasteiger partial charge is 0.0818 e. The van der Waals surface area contributed by atoms with Gasteiger partial charge in [0.25, 0.3) is 0 Å². The van der Waals surface area contributed by atoms with Gasteiger partial charge in [0.2, 0.25) is 0 Å². The largest absolute Gasteiger partial charge is 0.259 e. The molecule has 4 heteroatoms. The molecule has 1 heterocycles. The zero-order valence-corrected chi connectivity index (χ0v) is 7.02. The maximum atomic E-state index is 8.34. The average molecular weight is 187 g/mol. The first-order valence-corrected chi connectivity index (χ1v) is 3.67. The van der Waals surface area contributed by atoms with Crippen molar-refractivity contribution in [3.8, 4) is 6.07 Å². The monoisotopic (exact) mass is 186 g/mol. The molecular formula is C7H4Cl2N2. The van der Waals surface area contributed by atoms with E-state index < -0.39 is 0 Å². The maximum Gasteiger partial charge on any atom is 0.0818 e. The van der Waals surface area contributed by atoms with E-state index in [4.69, 9.17) is 28.5 Å². The van der Waals surface area contributed by atoms with Crippen LogP contribution in [0, 0.1) is 11.3 Å². The molecule has 0 fully saturated rings. The van der Waals surface area contributed by atoms with Gasteiger partial charge in [-0.2, -0.15) is 5.26 Å². The molecule has 0 saturated carbocycles. The number of nitrogens with zero attached hydrogens (tertiary/aromatic N) is 2. The third kappa shape index (κ3) is 1.83. The molecule has 0 amide bonds. The van der Waals surface area contributed by atoms with Gasteiger partial charge in [-0.15, -0.1) is 0 Å². The summed E-state index contributed by atoms with van der Waals surface area (Å²) in [6, 6.07) is 3.53. The molecule has 0 aliphatic heterocycles. The quantitative estimate of drug-likeness (QED) is 0.676. The SMILES string of the molecule is N#CCc1nccc(Cl)c1Cl. The number of aromatic nitrogens is 1. The number of hydrogen-bond acceptors (Lipinski definition) is 2. The van der Waals surface area contributed by atoms with E-state index in [0.29, 0.717) is 15.7 Å². The van der Waals surface area contributed by atoms with Crippen LogP contribution >= 0.6 is 23.2 Å². The van der Waals surface area contributed by atoms with Crippen LogP contribution in [0.5, 0.6) is 0 Å². The number of nitriles is 1. The summed E-state index contributed by atoms with van der Waals surface area (Å²) in [4.78, 5) is 3.89. The lowest BCUT2D eigenvalue weighted by Gasteiger charge is -1.98. The fourth-order valence-electron chi connectivity index (χ4n) is 0.658. The van der Waals surface area contributed by atoms with Crippen molar-refractivity contribution in [2.45, 2.75) is 6.42 Å². The zero-order valence-electron chi connectivity index (χ0n) is 5.51. The minimum absolute atomic E-state index is 0.194. The summed E-state index contributed by atoms with van der Waals surface area (Å²) in [7, 11) is 0. The van der Waals surface area contributed by atoms with E-state index in [-0.39, 0.29) is 6.42 Å². The molecule has 0 unspecified atom stereocenters. The molecule has 0 aliphatic rings. The lowest BCUT2D eigenvalue weighted by molar-refractivity contribution is 1.12. The highest BCUT2D eigenvalue weighted by Crippen LogP contribution is 2.23. The average Bonchev–Trinajstić information content (AvgIpc) is 1.99. The highest BCUT2D eigenvalue weighted by atomic mass is 35.5. The molecule has 1 aromatic heterocycles. The van der Waals surface area contributed by atoms with Gasteiger partial charge in [0.15, 0.2) is 0 Å². The van der Waals surface area contributed by atoms with E-state index in [2.05, 4.69) is 4.98 Å². The Hall–Kier alpha value is -0.780. The highest BCUT2D eigenvalue weighted by molar-refractivity contribution is 6.42. The number of pyridine rings is 1. The summed E-state index contributed by atoms with van der Waals surface area (Å²) in [6.07, 6.45) is 1.72. The van der Waals surface area contributed by atoms with Crippen LogP contribution in [0.25, 0.3) is 0 Å². The van der Waals surface area contributed by atoms with Crippen LogP contribution < -0.4 is 0 Å². The summed E-state index contributed by atoms with van der Waals surface area (Å²) in [5.41, 5.74) is 0.529. The van der Waals surface area contributed by atoms with Crippen molar-refractivity contribution < 1.29 is 0 Å². The predicted molar refractivity (Wildman–Crippen MR) is 43.6 cm³/mol. The van der Waals surface area contributed by atoms with E-state index in [1.807, 2.05) is 6.07 Å². The Balaban J connectivity index is 3.08. The molecular weight excluding hydrogens is 183 g/mol. The first kappa shape index (κ1) is 8.32. The van der Waals surface area contributed by atoms with Crippen LogP contribution in [-0.2, 0) is 6.42 Å². The van der Waals surface area contributed by atoms with Gasteiger partial charge in [-0.3, -0.25) is 4.98 Å². The Kier molecular flexibility index (Phi) is 2.70. The van der Waals surface area contributed by atoms with Gasteiger partial charge in [-0.1, -0.05) is 23.2 Å². The third-order valence-corrected chi connectivity index (χ3v) is 1.99. The molecule has 0 saturated heterocycles. The third-order valence-electron chi connectivity index (χ3n) is 1.16. The summed E-state index contributed by atoms with van der Waals surface area (Å²) in [5, 5.41) is 9.15. The summed E-state index contributed by atoms with van der Waals surface area (Å²) < 4.78 is 0. The van der Waals surface area contributed by atoms with Crippen LogP contribution in [0.1, 0.15) is 5.69 Å². The van der Waals surface area contributed by atoms with Crippen molar-refractivity contribution in [2.24, 2.45) is 0 Å². The van der Waals surface area contributed by atoms with Gasteiger partial charge < -0.3 is 0 Å². The molecule has 0 radical (unpaired) electrons. The van der Waals surface area contributed by atoms with E-state index in [1.54, 1.807) is 6.07 Å². The molecule has 0 bridgehead atoms. The molecule has 1 aromatic rings. The predicted octanol–water partition coefficient (Wildman–Crippen LogP) is 2.45. The minimum Gasteiger partial charge on any atom is -0.259 e. The molecule has 1 rings (SSSR count). The normalized spacial score (nSPS) is 9.18. The minimum atomic E-state index is 0.194. The van der Waals surface area contributed by atoms with Gasteiger partial charge in [-0.05, 0) is 6.07 Å². The summed E-state index contributed by atoms with van der Waals surface area (Å²) >= 11 is 11.4.